The van der Waals surface area contributed by atoms with E-state index in [1.807, 2.05) is 0 Å². The lowest BCUT2D eigenvalue weighted by atomic mass is 10.2. The first-order chi connectivity index (χ1) is 6.89. The summed E-state index contributed by atoms with van der Waals surface area (Å²) in [6.45, 7) is 0. The molecule has 2 N–H and O–H groups in total. The Balaban J connectivity index is 2.81. The predicted molar refractivity (Wildman–Crippen MR) is 47.9 cm³/mol. The number of rotatable bonds is 0. The lowest BCUT2D eigenvalue weighted by Crippen LogP contribution is -2.07. The van der Waals surface area contributed by atoms with E-state index >= 15 is 0 Å². The molecule has 0 spiro atoms. The Hall–Kier alpha value is -1.79. The maximum absolute atomic E-state index is 12.5. The molecule has 0 aromatic carbocycles. The topological polar surface area (TPSA) is 56.7 Å². The molecule has 0 unspecified atom stereocenters. The number of anilines is 1. The van der Waals surface area contributed by atoms with Crippen LogP contribution in [0.15, 0.2) is 12.3 Å². The van der Waals surface area contributed by atoms with Crippen molar-refractivity contribution in [2.45, 2.75) is 6.18 Å². The van der Waals surface area contributed by atoms with Gasteiger partial charge in [-0.2, -0.15) is 18.3 Å². The third kappa shape index (κ3) is 1.49. The zero-order chi connectivity index (χ0) is 11.2. The molecule has 0 fully saturated rings. The van der Waals surface area contributed by atoms with Crippen LogP contribution in [0.3, 0.4) is 0 Å². The normalized spacial score (nSPS) is 12.3. The number of pyridine rings is 1. The number of hydrogen-bond donors (Lipinski definition) is 1. The summed E-state index contributed by atoms with van der Waals surface area (Å²) in [5.74, 6) is 0. The quantitative estimate of drug-likeness (QED) is 0.727. The molecule has 0 saturated heterocycles. The van der Waals surface area contributed by atoms with Gasteiger partial charge in [-0.15, -0.1) is 0 Å². The maximum Gasteiger partial charge on any atom is 0.435 e. The van der Waals surface area contributed by atoms with E-state index in [1.54, 1.807) is 0 Å². The largest absolute Gasteiger partial charge is 0.435 e. The van der Waals surface area contributed by atoms with Crippen LogP contribution in [-0.4, -0.2) is 14.8 Å². The second kappa shape index (κ2) is 2.85. The van der Waals surface area contributed by atoms with Crippen LogP contribution in [0.5, 0.6) is 0 Å². The molecule has 2 aromatic rings. The Morgan fingerprint density at radius 3 is 2.67 bits per heavy atom. The van der Waals surface area contributed by atoms with Crippen LogP contribution in [-0.2, 0) is 13.2 Å². The van der Waals surface area contributed by atoms with Crippen molar-refractivity contribution in [1.29, 1.82) is 0 Å². The third-order valence-electron chi connectivity index (χ3n) is 1.97. The molecule has 15 heavy (non-hydrogen) atoms. The zero-order valence-electron chi connectivity index (χ0n) is 7.71. The molecule has 2 aromatic heterocycles. The van der Waals surface area contributed by atoms with E-state index in [2.05, 4.69) is 10.1 Å². The highest BCUT2D eigenvalue weighted by Crippen LogP contribution is 2.33. The summed E-state index contributed by atoms with van der Waals surface area (Å²) in [6.07, 6.45) is -3.20. The van der Waals surface area contributed by atoms with Crippen molar-refractivity contribution in [3.05, 3.63) is 18.0 Å². The van der Waals surface area contributed by atoms with Gasteiger partial charge >= 0.3 is 6.18 Å². The summed E-state index contributed by atoms with van der Waals surface area (Å²) in [4.78, 5) is 3.79. The van der Waals surface area contributed by atoms with Crippen LogP contribution in [0.4, 0.5) is 18.9 Å². The van der Waals surface area contributed by atoms with Crippen molar-refractivity contribution in [3.63, 3.8) is 0 Å². The van der Waals surface area contributed by atoms with E-state index in [4.69, 9.17) is 5.73 Å². The van der Waals surface area contributed by atoms with Crippen LogP contribution in [0.2, 0.25) is 0 Å². The Bertz CT molecular complexity index is 514. The molecule has 0 saturated carbocycles. The molecule has 0 aliphatic carbocycles. The molecule has 80 valence electrons. The second-order valence-electron chi connectivity index (χ2n) is 3.11. The molecule has 0 aliphatic heterocycles. The predicted octanol–water partition coefficient (Wildman–Crippen LogP) is 1.57. The fourth-order valence-electron chi connectivity index (χ4n) is 1.37. The number of nitrogen functional groups attached to an aromatic ring is 1. The molecule has 2 rings (SSSR count). The van der Waals surface area contributed by atoms with Gasteiger partial charge < -0.3 is 5.73 Å². The van der Waals surface area contributed by atoms with Gasteiger partial charge in [0, 0.05) is 7.05 Å². The van der Waals surface area contributed by atoms with Crippen LogP contribution < -0.4 is 5.73 Å². The maximum atomic E-state index is 12.5. The Morgan fingerprint density at radius 1 is 1.40 bits per heavy atom. The average Bonchev–Trinajstić information content (AvgIpc) is 2.42. The van der Waals surface area contributed by atoms with Crippen LogP contribution in [0.1, 0.15) is 5.69 Å². The van der Waals surface area contributed by atoms with Crippen molar-refractivity contribution in [3.8, 4) is 0 Å². The number of aromatic nitrogens is 3. The SMILES string of the molecule is Cn1nc(C(F)(F)F)c2cc(N)cnc21. The summed E-state index contributed by atoms with van der Waals surface area (Å²) < 4.78 is 38.6. The van der Waals surface area contributed by atoms with Gasteiger partial charge in [0.15, 0.2) is 11.3 Å². The first-order valence-electron chi connectivity index (χ1n) is 4.05. The van der Waals surface area contributed by atoms with Gasteiger partial charge in [-0.25, -0.2) is 9.67 Å². The van der Waals surface area contributed by atoms with Gasteiger partial charge in [0.2, 0.25) is 0 Å². The van der Waals surface area contributed by atoms with Crippen LogP contribution in [0.25, 0.3) is 11.0 Å². The minimum absolute atomic E-state index is 0.0787. The van der Waals surface area contributed by atoms with Gasteiger partial charge in [-0.3, -0.25) is 0 Å². The van der Waals surface area contributed by atoms with Crippen molar-refractivity contribution < 1.29 is 13.2 Å². The molecule has 7 heteroatoms. The Kier molecular flexibility index (Phi) is 1.85. The zero-order valence-corrected chi connectivity index (χ0v) is 7.71. The third-order valence-corrected chi connectivity index (χ3v) is 1.97. The number of halogens is 3. The summed E-state index contributed by atoms with van der Waals surface area (Å²) in [7, 11) is 1.40. The molecule has 0 aliphatic rings. The van der Waals surface area contributed by atoms with Gasteiger partial charge in [-0.1, -0.05) is 0 Å². The summed E-state index contributed by atoms with van der Waals surface area (Å²) in [5, 5.41) is 3.30. The van der Waals surface area contributed by atoms with Gasteiger partial charge in [0.25, 0.3) is 0 Å². The van der Waals surface area contributed by atoms with E-state index in [0.29, 0.717) is 0 Å². The van der Waals surface area contributed by atoms with Crippen molar-refractivity contribution >= 4 is 16.7 Å². The Morgan fingerprint density at radius 2 is 2.07 bits per heavy atom. The monoisotopic (exact) mass is 216 g/mol. The number of fused-ring (bicyclic) bond motifs is 1. The van der Waals surface area contributed by atoms with Crippen molar-refractivity contribution in [2.24, 2.45) is 7.05 Å². The van der Waals surface area contributed by atoms with Gasteiger partial charge in [0.05, 0.1) is 17.3 Å². The molecular formula is C8H7F3N4. The number of hydrogen-bond acceptors (Lipinski definition) is 3. The fourth-order valence-corrected chi connectivity index (χ4v) is 1.37. The standard InChI is InChI=1S/C8H7F3N4/c1-15-7-5(2-4(12)3-13-7)6(14-15)8(9,10)11/h2-3H,12H2,1H3. The summed E-state index contributed by atoms with van der Waals surface area (Å²) >= 11 is 0. The van der Waals surface area contributed by atoms with Gasteiger partial charge in [-0.05, 0) is 6.07 Å². The minimum Gasteiger partial charge on any atom is -0.397 e. The highest BCUT2D eigenvalue weighted by atomic mass is 19.4. The Labute approximate surface area is 82.5 Å². The molecule has 0 amide bonds. The van der Waals surface area contributed by atoms with Crippen molar-refractivity contribution in [1.82, 2.24) is 14.8 Å². The van der Waals surface area contributed by atoms with Crippen LogP contribution in [0, 0.1) is 0 Å². The van der Waals surface area contributed by atoms with E-state index in [-0.39, 0.29) is 16.7 Å². The lowest BCUT2D eigenvalue weighted by molar-refractivity contribution is -0.140. The minimum atomic E-state index is -4.49. The lowest BCUT2D eigenvalue weighted by Gasteiger charge is -2.01. The first-order valence-corrected chi connectivity index (χ1v) is 4.05. The average molecular weight is 216 g/mol. The molecule has 0 bridgehead atoms. The van der Waals surface area contributed by atoms with E-state index in [1.165, 1.54) is 19.3 Å². The van der Waals surface area contributed by atoms with E-state index in [9.17, 15) is 13.2 Å². The van der Waals surface area contributed by atoms with Crippen LogP contribution >= 0.6 is 0 Å². The van der Waals surface area contributed by atoms with Crippen molar-refractivity contribution in [2.75, 3.05) is 5.73 Å². The first kappa shape index (κ1) is 9.75. The molecule has 0 atom stereocenters. The number of nitrogens with zero attached hydrogens (tertiary/aromatic N) is 3. The van der Waals surface area contributed by atoms with Gasteiger partial charge in [0.1, 0.15) is 0 Å². The number of alkyl halides is 3. The smallest absolute Gasteiger partial charge is 0.397 e. The number of nitrogens with two attached hydrogens (primary N) is 1. The summed E-state index contributed by atoms with van der Waals surface area (Å²) in [5.41, 5.74) is 4.76. The summed E-state index contributed by atoms with van der Waals surface area (Å²) in [6, 6.07) is 1.22. The molecular weight excluding hydrogens is 209 g/mol. The second-order valence-corrected chi connectivity index (χ2v) is 3.11. The molecule has 0 radical (unpaired) electrons. The van der Waals surface area contributed by atoms with E-state index < -0.39 is 11.9 Å². The number of aryl methyl sites for hydroxylation is 1. The molecule has 2 heterocycles. The highest BCUT2D eigenvalue weighted by Gasteiger charge is 2.36. The fraction of sp³-hybridized carbons (Fsp3) is 0.250. The molecule has 4 nitrogen and oxygen atoms in total. The highest BCUT2D eigenvalue weighted by molar-refractivity contribution is 5.81. The van der Waals surface area contributed by atoms with E-state index in [0.717, 1.165) is 4.68 Å².